The summed E-state index contributed by atoms with van der Waals surface area (Å²) < 4.78 is 52.1. The normalized spacial score (nSPS) is 10.7. The largest absolute Gasteiger partial charge is 0.397 e. The van der Waals surface area contributed by atoms with Gasteiger partial charge in [0.25, 0.3) is 0 Å². The van der Waals surface area contributed by atoms with Crippen LogP contribution in [0.3, 0.4) is 0 Å². The minimum atomic E-state index is -1.60. The van der Waals surface area contributed by atoms with E-state index >= 15 is 0 Å². The van der Waals surface area contributed by atoms with Crippen molar-refractivity contribution in [3.8, 4) is 11.1 Å². The maximum atomic E-state index is 13.2. The van der Waals surface area contributed by atoms with E-state index in [0.717, 1.165) is 24.3 Å². The molecule has 0 aliphatic carbocycles. The lowest BCUT2D eigenvalue weighted by Crippen LogP contribution is -1.96. The molecule has 0 unspecified atom stereocenters. The molecule has 2 rings (SSSR count). The summed E-state index contributed by atoms with van der Waals surface area (Å²) >= 11 is 5.65. The van der Waals surface area contributed by atoms with E-state index in [-0.39, 0.29) is 21.8 Å². The molecule has 94 valence electrons. The van der Waals surface area contributed by atoms with E-state index in [2.05, 4.69) is 0 Å². The van der Waals surface area contributed by atoms with Gasteiger partial charge in [-0.05, 0) is 29.8 Å². The van der Waals surface area contributed by atoms with Crippen LogP contribution < -0.4 is 5.73 Å². The molecule has 2 aromatic rings. The fourth-order valence-corrected chi connectivity index (χ4v) is 1.74. The van der Waals surface area contributed by atoms with Crippen molar-refractivity contribution in [1.29, 1.82) is 0 Å². The predicted octanol–water partition coefficient (Wildman–Crippen LogP) is 4.15. The second-order valence-corrected chi connectivity index (χ2v) is 4.01. The molecule has 0 radical (unpaired) electrons. The Labute approximate surface area is 105 Å². The Kier molecular flexibility index (Phi) is 3.17. The van der Waals surface area contributed by atoms with Crippen LogP contribution in [0.25, 0.3) is 11.1 Å². The van der Waals surface area contributed by atoms with Crippen LogP contribution in [-0.4, -0.2) is 0 Å². The molecule has 0 aromatic heterocycles. The molecule has 0 fully saturated rings. The van der Waals surface area contributed by atoms with E-state index in [1.54, 1.807) is 0 Å². The first-order valence-corrected chi connectivity index (χ1v) is 5.17. The summed E-state index contributed by atoms with van der Waals surface area (Å²) in [6.45, 7) is 0. The third-order valence-corrected chi connectivity index (χ3v) is 2.70. The highest BCUT2D eigenvalue weighted by Crippen LogP contribution is 2.33. The number of hydrogen-bond acceptors (Lipinski definition) is 1. The zero-order chi connectivity index (χ0) is 13.4. The Morgan fingerprint density at radius 2 is 1.44 bits per heavy atom. The Morgan fingerprint density at radius 3 is 2.00 bits per heavy atom. The van der Waals surface area contributed by atoms with Crippen molar-refractivity contribution in [2.24, 2.45) is 0 Å². The summed E-state index contributed by atoms with van der Waals surface area (Å²) in [5.41, 5.74) is 5.45. The van der Waals surface area contributed by atoms with Crippen LogP contribution in [0.2, 0.25) is 5.02 Å². The van der Waals surface area contributed by atoms with Gasteiger partial charge in [-0.2, -0.15) is 0 Å². The molecule has 0 aliphatic heterocycles. The average molecular weight is 276 g/mol. The lowest BCUT2D eigenvalue weighted by atomic mass is 10.0. The number of nitrogen functional groups attached to an aromatic ring is 1. The van der Waals surface area contributed by atoms with Crippen LogP contribution in [0.5, 0.6) is 0 Å². The number of anilines is 1. The first-order valence-electron chi connectivity index (χ1n) is 4.79. The van der Waals surface area contributed by atoms with E-state index in [0.29, 0.717) is 0 Å². The van der Waals surface area contributed by atoms with Crippen molar-refractivity contribution < 1.29 is 17.6 Å². The molecule has 0 amide bonds. The van der Waals surface area contributed by atoms with Crippen LogP contribution in [0.1, 0.15) is 0 Å². The summed E-state index contributed by atoms with van der Waals surface area (Å²) in [7, 11) is 0. The van der Waals surface area contributed by atoms with Gasteiger partial charge in [0, 0.05) is 5.56 Å². The zero-order valence-electron chi connectivity index (χ0n) is 8.78. The number of nitrogens with two attached hydrogens (primary N) is 1. The van der Waals surface area contributed by atoms with Gasteiger partial charge in [0.05, 0.1) is 10.7 Å². The first kappa shape index (κ1) is 12.7. The summed E-state index contributed by atoms with van der Waals surface area (Å²) in [5, 5.41) is -0.0878. The monoisotopic (exact) mass is 275 g/mol. The maximum absolute atomic E-state index is 13.2. The van der Waals surface area contributed by atoms with Crippen LogP contribution in [0.4, 0.5) is 23.2 Å². The van der Waals surface area contributed by atoms with Crippen molar-refractivity contribution in [2.75, 3.05) is 5.73 Å². The molecule has 0 atom stereocenters. The SMILES string of the molecule is Nc1c(Cl)cc(F)cc1-c1cc(F)c(F)c(F)c1. The molecule has 2 N–H and O–H groups in total. The average Bonchev–Trinajstić information content (AvgIpc) is 2.30. The Balaban J connectivity index is 2.69. The Hall–Kier alpha value is -1.75. The quantitative estimate of drug-likeness (QED) is 0.472. The molecule has 0 saturated carbocycles. The number of benzene rings is 2. The third kappa shape index (κ3) is 2.13. The van der Waals surface area contributed by atoms with Gasteiger partial charge in [-0.1, -0.05) is 11.6 Å². The van der Waals surface area contributed by atoms with Gasteiger partial charge in [-0.15, -0.1) is 0 Å². The fraction of sp³-hybridized carbons (Fsp3) is 0. The van der Waals surface area contributed by atoms with Crippen molar-refractivity contribution in [2.45, 2.75) is 0 Å². The molecule has 0 aliphatic rings. The van der Waals surface area contributed by atoms with Gasteiger partial charge in [0.2, 0.25) is 0 Å². The molecule has 0 heterocycles. The van der Waals surface area contributed by atoms with Gasteiger partial charge >= 0.3 is 0 Å². The van der Waals surface area contributed by atoms with Gasteiger partial charge in [0.1, 0.15) is 5.82 Å². The molecule has 6 heteroatoms. The summed E-state index contributed by atoms with van der Waals surface area (Å²) in [5.74, 6) is -5.08. The summed E-state index contributed by atoms with van der Waals surface area (Å²) in [6.07, 6.45) is 0. The Morgan fingerprint density at radius 1 is 0.889 bits per heavy atom. The minimum absolute atomic E-state index is 0.00204. The molecule has 0 bridgehead atoms. The highest BCUT2D eigenvalue weighted by atomic mass is 35.5. The van der Waals surface area contributed by atoms with E-state index in [4.69, 9.17) is 17.3 Å². The lowest BCUT2D eigenvalue weighted by Gasteiger charge is -2.09. The highest BCUT2D eigenvalue weighted by molar-refractivity contribution is 6.33. The van der Waals surface area contributed by atoms with E-state index < -0.39 is 23.3 Å². The second-order valence-electron chi connectivity index (χ2n) is 3.60. The number of hydrogen-bond donors (Lipinski definition) is 1. The van der Waals surface area contributed by atoms with Gasteiger partial charge in [-0.25, -0.2) is 17.6 Å². The zero-order valence-corrected chi connectivity index (χ0v) is 9.53. The van der Waals surface area contributed by atoms with Crippen LogP contribution in [0, 0.1) is 23.3 Å². The summed E-state index contributed by atoms with van der Waals surface area (Å²) in [4.78, 5) is 0. The lowest BCUT2D eigenvalue weighted by molar-refractivity contribution is 0.447. The van der Waals surface area contributed by atoms with Gasteiger partial charge < -0.3 is 5.73 Å². The molecular formula is C12H6ClF4N. The van der Waals surface area contributed by atoms with E-state index in [1.807, 2.05) is 0 Å². The molecular weight excluding hydrogens is 270 g/mol. The Bertz CT molecular complexity index is 605. The fourth-order valence-electron chi connectivity index (χ4n) is 1.53. The van der Waals surface area contributed by atoms with Gasteiger partial charge in [0.15, 0.2) is 17.5 Å². The first-order chi connectivity index (χ1) is 8.40. The number of halogens is 5. The van der Waals surface area contributed by atoms with Crippen LogP contribution in [0.15, 0.2) is 24.3 Å². The van der Waals surface area contributed by atoms with Crippen LogP contribution >= 0.6 is 11.6 Å². The van der Waals surface area contributed by atoms with Crippen LogP contribution in [-0.2, 0) is 0 Å². The van der Waals surface area contributed by atoms with Crippen molar-refractivity contribution >= 4 is 17.3 Å². The molecule has 2 aromatic carbocycles. The molecule has 18 heavy (non-hydrogen) atoms. The molecule has 0 saturated heterocycles. The summed E-state index contributed by atoms with van der Waals surface area (Å²) in [6, 6.07) is 3.38. The second kappa shape index (κ2) is 4.49. The maximum Gasteiger partial charge on any atom is 0.194 e. The minimum Gasteiger partial charge on any atom is -0.397 e. The highest BCUT2D eigenvalue weighted by Gasteiger charge is 2.15. The topological polar surface area (TPSA) is 26.0 Å². The standard InChI is InChI=1S/C12H6ClF4N/c13-8-4-6(14)3-7(12(8)18)5-1-9(15)11(17)10(16)2-5/h1-4H,18H2. The molecule has 1 nitrogen and oxygen atoms in total. The van der Waals surface area contributed by atoms with E-state index in [1.165, 1.54) is 0 Å². The van der Waals surface area contributed by atoms with Gasteiger partial charge in [-0.3, -0.25) is 0 Å². The smallest absolute Gasteiger partial charge is 0.194 e. The predicted molar refractivity (Wildman–Crippen MR) is 61.1 cm³/mol. The van der Waals surface area contributed by atoms with E-state index in [9.17, 15) is 17.6 Å². The molecule has 0 spiro atoms. The number of rotatable bonds is 1. The third-order valence-electron chi connectivity index (χ3n) is 2.39. The van der Waals surface area contributed by atoms with Crippen molar-refractivity contribution in [1.82, 2.24) is 0 Å². The van der Waals surface area contributed by atoms with Crippen molar-refractivity contribution in [3.05, 3.63) is 52.6 Å². The van der Waals surface area contributed by atoms with Crippen molar-refractivity contribution in [3.63, 3.8) is 0 Å².